The molecule has 0 radical (unpaired) electrons. The second-order valence-electron chi connectivity index (χ2n) is 4.99. The summed E-state index contributed by atoms with van der Waals surface area (Å²) >= 11 is 0. The van der Waals surface area contributed by atoms with Crippen molar-refractivity contribution in [3.05, 3.63) is 40.8 Å². The summed E-state index contributed by atoms with van der Waals surface area (Å²) in [6.45, 7) is -0.492. The van der Waals surface area contributed by atoms with Gasteiger partial charge in [0.2, 0.25) is 5.91 Å². The Labute approximate surface area is 117 Å². The standard InChI is InChI=1S/C14H12F2N2O3/c15-14(16)6-10(17-7-14)13(20)18-9-2-3-11-8(5-9)1-4-12(19)21-11/h1-5,10,17H,6-7H2,(H,18,20). The second kappa shape index (κ2) is 4.92. The van der Waals surface area contributed by atoms with E-state index in [4.69, 9.17) is 4.42 Å². The van der Waals surface area contributed by atoms with Crippen LogP contribution in [0.4, 0.5) is 14.5 Å². The van der Waals surface area contributed by atoms with Crippen LogP contribution in [0.2, 0.25) is 0 Å². The molecule has 1 unspecified atom stereocenters. The van der Waals surface area contributed by atoms with Crippen molar-refractivity contribution in [1.29, 1.82) is 0 Å². The molecule has 1 aliphatic rings. The Kier molecular flexibility index (Phi) is 3.21. The number of hydrogen-bond acceptors (Lipinski definition) is 4. The van der Waals surface area contributed by atoms with E-state index in [0.717, 1.165) is 0 Å². The van der Waals surface area contributed by atoms with E-state index in [1.807, 2.05) is 0 Å². The molecule has 110 valence electrons. The van der Waals surface area contributed by atoms with Crippen LogP contribution in [0.25, 0.3) is 11.0 Å². The summed E-state index contributed by atoms with van der Waals surface area (Å²) in [5.41, 5.74) is 0.390. The van der Waals surface area contributed by atoms with E-state index in [0.29, 0.717) is 16.7 Å². The third-order valence-corrected chi connectivity index (χ3v) is 3.31. The molecule has 2 aromatic rings. The molecule has 0 aliphatic carbocycles. The predicted molar refractivity (Wildman–Crippen MR) is 72.5 cm³/mol. The maximum absolute atomic E-state index is 13.1. The third kappa shape index (κ3) is 2.92. The Balaban J connectivity index is 1.77. The van der Waals surface area contributed by atoms with Crippen molar-refractivity contribution in [3.8, 4) is 0 Å². The molecule has 0 bridgehead atoms. The maximum Gasteiger partial charge on any atom is 0.336 e. The largest absolute Gasteiger partial charge is 0.423 e. The molecule has 1 fully saturated rings. The Bertz CT molecular complexity index is 757. The van der Waals surface area contributed by atoms with Gasteiger partial charge in [-0.1, -0.05) is 0 Å². The molecule has 1 aromatic heterocycles. The molecule has 21 heavy (non-hydrogen) atoms. The number of rotatable bonds is 2. The Morgan fingerprint density at radius 3 is 2.86 bits per heavy atom. The topological polar surface area (TPSA) is 71.3 Å². The summed E-state index contributed by atoms with van der Waals surface area (Å²) in [7, 11) is 0. The zero-order valence-corrected chi connectivity index (χ0v) is 10.9. The molecule has 5 nitrogen and oxygen atoms in total. The summed E-state index contributed by atoms with van der Waals surface area (Å²) < 4.78 is 31.1. The zero-order chi connectivity index (χ0) is 15.0. The van der Waals surface area contributed by atoms with Crippen LogP contribution in [0, 0.1) is 0 Å². The minimum Gasteiger partial charge on any atom is -0.423 e. The van der Waals surface area contributed by atoms with E-state index in [1.165, 1.54) is 6.07 Å². The number of benzene rings is 1. The van der Waals surface area contributed by atoms with Crippen LogP contribution in [0.15, 0.2) is 39.5 Å². The minimum absolute atomic E-state index is 0.394. The van der Waals surface area contributed by atoms with Crippen LogP contribution >= 0.6 is 0 Å². The van der Waals surface area contributed by atoms with Crippen LogP contribution in [-0.4, -0.2) is 24.4 Å². The summed E-state index contributed by atoms with van der Waals surface area (Å²) in [6.07, 6.45) is -0.513. The fourth-order valence-electron chi connectivity index (χ4n) is 2.28. The number of fused-ring (bicyclic) bond motifs is 1. The number of anilines is 1. The maximum atomic E-state index is 13.1. The van der Waals surface area contributed by atoms with Crippen LogP contribution in [0.5, 0.6) is 0 Å². The number of amides is 1. The van der Waals surface area contributed by atoms with Gasteiger partial charge in [0.05, 0.1) is 12.6 Å². The average molecular weight is 294 g/mol. The molecule has 1 atom stereocenters. The highest BCUT2D eigenvalue weighted by atomic mass is 19.3. The zero-order valence-electron chi connectivity index (χ0n) is 10.9. The second-order valence-corrected chi connectivity index (χ2v) is 4.99. The first kappa shape index (κ1) is 13.7. The number of alkyl halides is 2. The molecular formula is C14H12F2N2O3. The minimum atomic E-state index is -2.85. The number of nitrogens with one attached hydrogen (secondary N) is 2. The number of carbonyl (C=O) groups is 1. The molecule has 2 N–H and O–H groups in total. The predicted octanol–water partition coefficient (Wildman–Crippen LogP) is 1.73. The van der Waals surface area contributed by atoms with Gasteiger partial charge in [-0.2, -0.15) is 0 Å². The van der Waals surface area contributed by atoms with Crippen molar-refractivity contribution < 1.29 is 18.0 Å². The van der Waals surface area contributed by atoms with Crippen LogP contribution in [0.1, 0.15) is 6.42 Å². The van der Waals surface area contributed by atoms with Crippen molar-refractivity contribution in [2.24, 2.45) is 0 Å². The van der Waals surface area contributed by atoms with Crippen molar-refractivity contribution >= 4 is 22.6 Å². The first-order valence-electron chi connectivity index (χ1n) is 6.39. The van der Waals surface area contributed by atoms with Crippen molar-refractivity contribution in [2.75, 3.05) is 11.9 Å². The van der Waals surface area contributed by atoms with E-state index < -0.39 is 36.5 Å². The van der Waals surface area contributed by atoms with E-state index in [-0.39, 0.29) is 0 Å². The summed E-state index contributed by atoms with van der Waals surface area (Å²) in [6, 6.07) is 6.64. The van der Waals surface area contributed by atoms with Crippen molar-refractivity contribution in [1.82, 2.24) is 5.32 Å². The lowest BCUT2D eigenvalue weighted by atomic mass is 10.1. The SMILES string of the molecule is O=C(Nc1ccc2oc(=O)ccc2c1)C1CC(F)(F)CN1. The summed E-state index contributed by atoms with van der Waals surface area (Å²) in [5.74, 6) is -3.36. The molecule has 0 spiro atoms. The Morgan fingerprint density at radius 2 is 2.14 bits per heavy atom. The van der Waals surface area contributed by atoms with Crippen LogP contribution in [0.3, 0.4) is 0 Å². The third-order valence-electron chi connectivity index (χ3n) is 3.31. The molecule has 1 aromatic carbocycles. The summed E-state index contributed by atoms with van der Waals surface area (Å²) in [4.78, 5) is 23.0. The van der Waals surface area contributed by atoms with Gasteiger partial charge in [0, 0.05) is 23.6 Å². The molecule has 1 amide bonds. The van der Waals surface area contributed by atoms with E-state index in [1.54, 1.807) is 24.3 Å². The van der Waals surface area contributed by atoms with Crippen LogP contribution in [-0.2, 0) is 4.79 Å². The molecule has 2 heterocycles. The number of halogens is 2. The number of hydrogen-bond donors (Lipinski definition) is 2. The quantitative estimate of drug-likeness (QED) is 0.827. The van der Waals surface area contributed by atoms with Crippen LogP contribution < -0.4 is 16.3 Å². The number of carbonyl (C=O) groups excluding carboxylic acids is 1. The fourth-order valence-corrected chi connectivity index (χ4v) is 2.28. The molecule has 1 aliphatic heterocycles. The molecule has 1 saturated heterocycles. The van der Waals surface area contributed by atoms with E-state index in [9.17, 15) is 18.4 Å². The Hall–Kier alpha value is -2.28. The Morgan fingerprint density at radius 1 is 1.33 bits per heavy atom. The molecule has 7 heteroatoms. The average Bonchev–Trinajstić information content (AvgIpc) is 2.79. The molecular weight excluding hydrogens is 282 g/mol. The van der Waals surface area contributed by atoms with Gasteiger partial charge in [0.25, 0.3) is 5.92 Å². The van der Waals surface area contributed by atoms with Crippen molar-refractivity contribution in [2.45, 2.75) is 18.4 Å². The highest BCUT2D eigenvalue weighted by Gasteiger charge is 2.42. The lowest BCUT2D eigenvalue weighted by molar-refractivity contribution is -0.118. The highest BCUT2D eigenvalue weighted by Crippen LogP contribution is 2.26. The molecule has 0 saturated carbocycles. The lowest BCUT2D eigenvalue weighted by Gasteiger charge is -2.11. The monoisotopic (exact) mass is 294 g/mol. The van der Waals surface area contributed by atoms with E-state index in [2.05, 4.69) is 10.6 Å². The van der Waals surface area contributed by atoms with Gasteiger partial charge in [0.15, 0.2) is 0 Å². The lowest BCUT2D eigenvalue weighted by Crippen LogP contribution is -2.35. The van der Waals surface area contributed by atoms with Gasteiger partial charge in [-0.3, -0.25) is 10.1 Å². The van der Waals surface area contributed by atoms with Gasteiger partial charge in [0.1, 0.15) is 5.58 Å². The summed E-state index contributed by atoms with van der Waals surface area (Å²) in [5, 5.41) is 5.70. The van der Waals surface area contributed by atoms with Gasteiger partial charge in [-0.25, -0.2) is 13.6 Å². The normalized spacial score (nSPS) is 20.6. The van der Waals surface area contributed by atoms with Gasteiger partial charge in [-0.05, 0) is 24.3 Å². The molecule has 3 rings (SSSR count). The first-order chi connectivity index (χ1) is 9.93. The fraction of sp³-hybridized carbons (Fsp3) is 0.286. The van der Waals surface area contributed by atoms with Gasteiger partial charge < -0.3 is 9.73 Å². The van der Waals surface area contributed by atoms with Crippen molar-refractivity contribution in [3.63, 3.8) is 0 Å². The van der Waals surface area contributed by atoms with Gasteiger partial charge in [-0.15, -0.1) is 0 Å². The van der Waals surface area contributed by atoms with Gasteiger partial charge >= 0.3 is 5.63 Å². The highest BCUT2D eigenvalue weighted by molar-refractivity contribution is 5.96. The van der Waals surface area contributed by atoms with E-state index >= 15 is 0 Å². The smallest absolute Gasteiger partial charge is 0.336 e. The first-order valence-corrected chi connectivity index (χ1v) is 6.39.